The molecule has 0 radical (unpaired) electrons. The molecule has 0 aliphatic rings. The lowest BCUT2D eigenvalue weighted by molar-refractivity contribution is -0.151. The Morgan fingerprint density at radius 3 is 2.36 bits per heavy atom. The van der Waals surface area contributed by atoms with Crippen LogP contribution in [0.3, 0.4) is 0 Å². The molecule has 1 aromatic heterocycles. The van der Waals surface area contributed by atoms with E-state index in [0.29, 0.717) is 12.4 Å². The van der Waals surface area contributed by atoms with E-state index >= 15 is 0 Å². The van der Waals surface area contributed by atoms with Crippen LogP contribution in [0.5, 0.6) is 5.75 Å². The summed E-state index contributed by atoms with van der Waals surface area (Å²) in [5.41, 5.74) is 1.95. The van der Waals surface area contributed by atoms with Crippen molar-refractivity contribution in [1.29, 1.82) is 0 Å². The highest BCUT2D eigenvalue weighted by molar-refractivity contribution is 7.86. The minimum Gasteiger partial charge on any atom is -0.494 e. The van der Waals surface area contributed by atoms with Crippen LogP contribution >= 0.6 is 0 Å². The van der Waals surface area contributed by atoms with Gasteiger partial charge in [0.25, 0.3) is 10.1 Å². The summed E-state index contributed by atoms with van der Waals surface area (Å²) in [7, 11) is -3.78. The zero-order valence-corrected chi connectivity index (χ0v) is 16.9. The van der Waals surface area contributed by atoms with Crippen LogP contribution in [0.2, 0.25) is 0 Å². The highest BCUT2D eigenvalue weighted by Gasteiger charge is 2.25. The van der Waals surface area contributed by atoms with Gasteiger partial charge in [-0.05, 0) is 55.2 Å². The molecule has 152 valence electrons. The molecule has 2 aromatic rings. The molecule has 0 saturated carbocycles. The normalized spacial score (nSPS) is 12.4. The van der Waals surface area contributed by atoms with Gasteiger partial charge in [-0.2, -0.15) is 8.42 Å². The van der Waals surface area contributed by atoms with Crippen LogP contribution in [-0.4, -0.2) is 44.9 Å². The lowest BCUT2D eigenvalue weighted by Gasteiger charge is -2.15. The standard InChI is InChI=1S/C20H25NO6S/c1-3-25-20(22)19(27-28(2,23)24)15-17-6-8-18(9-7-17)26-14-4-5-16-10-12-21-13-11-16/h6-13,19H,3-5,14-15H2,1-2H3. The molecule has 0 aliphatic heterocycles. The summed E-state index contributed by atoms with van der Waals surface area (Å²) in [5.74, 6) is -0.000409. The quantitative estimate of drug-likeness (QED) is 0.321. The third-order valence-corrected chi connectivity index (χ3v) is 4.39. The van der Waals surface area contributed by atoms with Gasteiger partial charge >= 0.3 is 5.97 Å². The Morgan fingerprint density at radius 2 is 1.75 bits per heavy atom. The lowest BCUT2D eigenvalue weighted by atomic mass is 10.1. The first-order valence-electron chi connectivity index (χ1n) is 9.03. The van der Waals surface area contributed by atoms with E-state index in [4.69, 9.17) is 13.7 Å². The van der Waals surface area contributed by atoms with Gasteiger partial charge in [-0.15, -0.1) is 0 Å². The summed E-state index contributed by atoms with van der Waals surface area (Å²) in [5, 5.41) is 0. The first-order chi connectivity index (χ1) is 13.4. The average Bonchev–Trinajstić information content (AvgIpc) is 2.66. The van der Waals surface area contributed by atoms with Gasteiger partial charge in [0.05, 0.1) is 19.5 Å². The Kier molecular flexibility index (Phi) is 8.41. The molecular weight excluding hydrogens is 382 g/mol. The van der Waals surface area contributed by atoms with Crippen molar-refractivity contribution < 1.29 is 26.9 Å². The first kappa shape index (κ1) is 21.8. The Hall–Kier alpha value is -2.45. The highest BCUT2D eigenvalue weighted by atomic mass is 32.2. The number of esters is 1. The molecule has 1 atom stereocenters. The number of ether oxygens (including phenoxy) is 2. The molecule has 0 amide bonds. The Balaban J connectivity index is 1.86. The van der Waals surface area contributed by atoms with Crippen molar-refractivity contribution in [3.8, 4) is 5.75 Å². The van der Waals surface area contributed by atoms with E-state index in [0.717, 1.165) is 24.7 Å². The number of hydrogen-bond donors (Lipinski definition) is 0. The van der Waals surface area contributed by atoms with Crippen molar-refractivity contribution in [3.63, 3.8) is 0 Å². The third kappa shape index (κ3) is 8.06. The van der Waals surface area contributed by atoms with Crippen LogP contribution < -0.4 is 4.74 Å². The van der Waals surface area contributed by atoms with E-state index in [1.807, 2.05) is 12.1 Å². The monoisotopic (exact) mass is 407 g/mol. The predicted molar refractivity (Wildman–Crippen MR) is 105 cm³/mol. The molecule has 7 nitrogen and oxygen atoms in total. The number of carbonyl (C=O) groups excluding carboxylic acids is 1. The van der Waals surface area contributed by atoms with Gasteiger partial charge in [-0.25, -0.2) is 4.79 Å². The van der Waals surface area contributed by atoms with Crippen molar-refractivity contribution in [1.82, 2.24) is 4.98 Å². The minimum absolute atomic E-state index is 0.0915. The second-order valence-electron chi connectivity index (χ2n) is 6.20. The summed E-state index contributed by atoms with van der Waals surface area (Å²) in [6.45, 7) is 2.37. The Labute approximate surface area is 165 Å². The molecule has 0 aliphatic carbocycles. The molecule has 8 heteroatoms. The smallest absolute Gasteiger partial charge is 0.337 e. The number of rotatable bonds is 11. The molecule has 1 heterocycles. The average molecular weight is 407 g/mol. The first-order valence-corrected chi connectivity index (χ1v) is 10.8. The van der Waals surface area contributed by atoms with Crippen molar-refractivity contribution in [2.75, 3.05) is 19.5 Å². The Bertz CT molecular complexity index is 837. The fourth-order valence-corrected chi connectivity index (χ4v) is 3.12. The van der Waals surface area contributed by atoms with Gasteiger partial charge in [0.15, 0.2) is 6.10 Å². The van der Waals surface area contributed by atoms with Gasteiger partial charge < -0.3 is 9.47 Å². The van der Waals surface area contributed by atoms with Crippen LogP contribution in [-0.2, 0) is 36.7 Å². The Morgan fingerprint density at radius 1 is 1.07 bits per heavy atom. The number of benzene rings is 1. The molecule has 0 bridgehead atoms. The van der Waals surface area contributed by atoms with Crippen LogP contribution in [0, 0.1) is 0 Å². The maximum atomic E-state index is 11.9. The van der Waals surface area contributed by atoms with Gasteiger partial charge in [0, 0.05) is 18.8 Å². The van der Waals surface area contributed by atoms with Crippen molar-refractivity contribution in [3.05, 3.63) is 59.9 Å². The van der Waals surface area contributed by atoms with Crippen molar-refractivity contribution in [2.24, 2.45) is 0 Å². The number of carbonyl (C=O) groups is 1. The summed E-state index contributed by atoms with van der Waals surface area (Å²) in [4.78, 5) is 15.9. The molecule has 28 heavy (non-hydrogen) atoms. The largest absolute Gasteiger partial charge is 0.494 e. The number of aromatic nitrogens is 1. The predicted octanol–water partition coefficient (Wildman–Crippen LogP) is 2.54. The molecule has 1 unspecified atom stereocenters. The second kappa shape index (κ2) is 10.8. The van der Waals surface area contributed by atoms with Crippen LogP contribution in [0.1, 0.15) is 24.5 Å². The lowest BCUT2D eigenvalue weighted by Crippen LogP contribution is -2.31. The highest BCUT2D eigenvalue weighted by Crippen LogP contribution is 2.16. The second-order valence-corrected chi connectivity index (χ2v) is 7.80. The minimum atomic E-state index is -3.78. The van der Waals surface area contributed by atoms with E-state index in [1.54, 1.807) is 43.6 Å². The van der Waals surface area contributed by atoms with E-state index in [2.05, 4.69) is 4.98 Å². The van der Waals surface area contributed by atoms with E-state index in [-0.39, 0.29) is 13.0 Å². The summed E-state index contributed by atoms with van der Waals surface area (Å²) in [6.07, 6.45) is 5.11. The molecule has 0 fully saturated rings. The van der Waals surface area contributed by atoms with Crippen molar-refractivity contribution in [2.45, 2.75) is 32.3 Å². The van der Waals surface area contributed by atoms with Crippen molar-refractivity contribution >= 4 is 16.1 Å². The fourth-order valence-electron chi connectivity index (χ4n) is 2.55. The number of hydrogen-bond acceptors (Lipinski definition) is 7. The van der Waals surface area contributed by atoms with E-state index in [9.17, 15) is 13.2 Å². The SMILES string of the molecule is CCOC(=O)C(Cc1ccc(OCCCc2ccncc2)cc1)OS(C)(=O)=O. The topological polar surface area (TPSA) is 91.8 Å². The van der Waals surface area contributed by atoms with E-state index in [1.165, 1.54) is 5.56 Å². The maximum Gasteiger partial charge on any atom is 0.337 e. The van der Waals surface area contributed by atoms with Gasteiger partial charge in [0.2, 0.25) is 0 Å². The summed E-state index contributed by atoms with van der Waals surface area (Å²) < 4.78 is 38.3. The molecule has 0 saturated heterocycles. The van der Waals surface area contributed by atoms with Gasteiger partial charge in [-0.1, -0.05) is 12.1 Å². The summed E-state index contributed by atoms with van der Waals surface area (Å²) in [6, 6.07) is 11.1. The van der Waals surface area contributed by atoms with E-state index < -0.39 is 22.2 Å². The fraction of sp³-hybridized carbons (Fsp3) is 0.400. The maximum absolute atomic E-state index is 11.9. The van der Waals surface area contributed by atoms with Gasteiger partial charge in [0.1, 0.15) is 5.75 Å². The number of nitrogens with zero attached hydrogens (tertiary/aromatic N) is 1. The number of aryl methyl sites for hydroxylation is 1. The zero-order valence-electron chi connectivity index (χ0n) is 16.0. The zero-order chi connectivity index (χ0) is 20.4. The third-order valence-electron chi connectivity index (χ3n) is 3.81. The molecule has 0 spiro atoms. The van der Waals surface area contributed by atoms with Crippen LogP contribution in [0.4, 0.5) is 0 Å². The van der Waals surface area contributed by atoms with Crippen LogP contribution in [0.25, 0.3) is 0 Å². The molecule has 1 aromatic carbocycles. The molecule has 2 rings (SSSR count). The van der Waals surface area contributed by atoms with Gasteiger partial charge in [-0.3, -0.25) is 9.17 Å². The molecular formula is C20H25NO6S. The van der Waals surface area contributed by atoms with Crippen LogP contribution in [0.15, 0.2) is 48.8 Å². The molecule has 0 N–H and O–H groups in total. The number of pyridine rings is 1. The summed E-state index contributed by atoms with van der Waals surface area (Å²) >= 11 is 0.